The van der Waals surface area contributed by atoms with Crippen LogP contribution in [-0.4, -0.2) is 41.6 Å². The second-order valence-corrected chi connectivity index (χ2v) is 8.32. The van der Waals surface area contributed by atoms with Crippen LogP contribution in [0.2, 0.25) is 0 Å². The van der Waals surface area contributed by atoms with Gasteiger partial charge in [0.15, 0.2) is 5.78 Å². The molecule has 0 fully saturated rings. The molecule has 0 saturated heterocycles. The molecule has 0 bridgehead atoms. The quantitative estimate of drug-likeness (QED) is 0.323. The van der Waals surface area contributed by atoms with Gasteiger partial charge in [-0.3, -0.25) is 19.4 Å². The molecule has 0 aliphatic carbocycles. The van der Waals surface area contributed by atoms with E-state index in [0.29, 0.717) is 22.5 Å². The molecule has 0 aliphatic rings. The average Bonchev–Trinajstić information content (AvgIpc) is 3.58. The molecule has 3 N–H and O–H groups in total. The highest BCUT2D eigenvalue weighted by molar-refractivity contribution is 6.12. The third-order valence-corrected chi connectivity index (χ3v) is 5.78. The van der Waals surface area contributed by atoms with E-state index in [-0.39, 0.29) is 11.7 Å². The molecule has 0 spiro atoms. The van der Waals surface area contributed by atoms with Crippen LogP contribution in [0.4, 0.5) is 5.69 Å². The number of aryl methyl sites for hydroxylation is 3. The first-order valence-corrected chi connectivity index (χ1v) is 11.0. The summed E-state index contributed by atoms with van der Waals surface area (Å²) in [7, 11) is 1.72. The van der Waals surface area contributed by atoms with Crippen LogP contribution < -0.4 is 5.32 Å². The first kappa shape index (κ1) is 22.0. The number of ketones is 1. The summed E-state index contributed by atoms with van der Waals surface area (Å²) in [6.45, 7) is 3.71. The Morgan fingerprint density at radius 1 is 1.03 bits per heavy atom. The summed E-state index contributed by atoms with van der Waals surface area (Å²) >= 11 is 0. The van der Waals surface area contributed by atoms with Gasteiger partial charge in [0.25, 0.3) is 5.91 Å². The Bertz CT molecular complexity index is 1590. The van der Waals surface area contributed by atoms with Gasteiger partial charge in [-0.15, -0.1) is 0 Å². The van der Waals surface area contributed by atoms with Crippen molar-refractivity contribution in [3.05, 3.63) is 94.5 Å². The fraction of sp³-hybridized carbons (Fsp3) is 0.115. The van der Waals surface area contributed by atoms with Crippen LogP contribution in [0.5, 0.6) is 0 Å². The van der Waals surface area contributed by atoms with Crippen LogP contribution in [0.25, 0.3) is 23.1 Å². The Balaban J connectivity index is 1.39. The molecular weight excluding hydrogens is 442 g/mol. The predicted octanol–water partition coefficient (Wildman–Crippen LogP) is 4.29. The Morgan fingerprint density at radius 3 is 2.57 bits per heavy atom. The summed E-state index contributed by atoms with van der Waals surface area (Å²) in [5.74, 6) is -0.432. The van der Waals surface area contributed by atoms with Crippen molar-refractivity contribution < 1.29 is 9.59 Å². The highest BCUT2D eigenvalue weighted by Crippen LogP contribution is 2.24. The van der Waals surface area contributed by atoms with E-state index < -0.39 is 0 Å². The molecule has 9 nitrogen and oxygen atoms in total. The highest BCUT2D eigenvalue weighted by atomic mass is 16.2. The number of imidazole rings is 1. The predicted molar refractivity (Wildman–Crippen MR) is 134 cm³/mol. The molecule has 35 heavy (non-hydrogen) atoms. The lowest BCUT2D eigenvalue weighted by atomic mass is 9.99. The number of nitrogens with zero attached hydrogens (tertiary/aromatic N) is 4. The number of carbonyl (C=O) groups is 2. The molecule has 0 radical (unpaired) electrons. The number of H-pyrrole nitrogens is 2. The molecule has 1 amide bonds. The SMILES string of the molecule is Cc1cc(C(=O)Nc2cc(C(=O)c3ccc4c(C=Cc5cnc[nH]5)n[nH]c4c3)ccc2C)n(C)n1. The summed E-state index contributed by atoms with van der Waals surface area (Å²) in [4.78, 5) is 33.0. The molecule has 2 aromatic carbocycles. The summed E-state index contributed by atoms with van der Waals surface area (Å²) in [5.41, 5.74) is 6.02. The van der Waals surface area contributed by atoms with Gasteiger partial charge in [0.05, 0.1) is 35.1 Å². The van der Waals surface area contributed by atoms with E-state index in [9.17, 15) is 9.59 Å². The van der Waals surface area contributed by atoms with E-state index >= 15 is 0 Å². The number of carbonyl (C=O) groups excluding carboxylic acids is 2. The Kier molecular flexibility index (Phi) is 5.58. The molecule has 174 valence electrons. The molecule has 0 atom stereocenters. The topological polar surface area (TPSA) is 121 Å². The summed E-state index contributed by atoms with van der Waals surface area (Å²) in [5, 5.41) is 15.4. The Hall–Kier alpha value is -4.79. The van der Waals surface area contributed by atoms with Gasteiger partial charge in [0.2, 0.25) is 0 Å². The number of hydrogen-bond donors (Lipinski definition) is 3. The largest absolute Gasteiger partial charge is 0.345 e. The minimum atomic E-state index is -0.282. The minimum absolute atomic E-state index is 0.150. The summed E-state index contributed by atoms with van der Waals surface area (Å²) in [6.07, 6.45) is 7.10. The zero-order valence-corrected chi connectivity index (χ0v) is 19.5. The van der Waals surface area contributed by atoms with Crippen molar-refractivity contribution in [3.63, 3.8) is 0 Å². The van der Waals surface area contributed by atoms with E-state index in [1.807, 2.05) is 38.1 Å². The molecule has 3 aromatic heterocycles. The molecular formula is C26H23N7O2. The van der Waals surface area contributed by atoms with Crippen LogP contribution >= 0.6 is 0 Å². The zero-order valence-electron chi connectivity index (χ0n) is 19.5. The van der Waals surface area contributed by atoms with E-state index in [1.54, 1.807) is 49.9 Å². The van der Waals surface area contributed by atoms with Crippen molar-refractivity contribution in [1.29, 1.82) is 0 Å². The number of fused-ring (bicyclic) bond motifs is 1. The van der Waals surface area contributed by atoms with Gasteiger partial charge in [-0.25, -0.2) is 4.98 Å². The second-order valence-electron chi connectivity index (χ2n) is 8.32. The molecule has 0 saturated carbocycles. The van der Waals surface area contributed by atoms with Gasteiger partial charge >= 0.3 is 0 Å². The van der Waals surface area contributed by atoms with E-state index in [0.717, 1.165) is 33.5 Å². The van der Waals surface area contributed by atoms with Gasteiger partial charge in [-0.2, -0.15) is 10.2 Å². The monoisotopic (exact) mass is 465 g/mol. The van der Waals surface area contributed by atoms with Crippen LogP contribution in [0.1, 0.15) is 49.1 Å². The maximum absolute atomic E-state index is 13.3. The van der Waals surface area contributed by atoms with E-state index in [2.05, 4.69) is 30.6 Å². The minimum Gasteiger partial charge on any atom is -0.345 e. The van der Waals surface area contributed by atoms with Crippen LogP contribution in [0.15, 0.2) is 55.0 Å². The lowest BCUT2D eigenvalue weighted by molar-refractivity contribution is 0.101. The van der Waals surface area contributed by atoms with Gasteiger partial charge in [-0.05, 0) is 55.8 Å². The van der Waals surface area contributed by atoms with Crippen LogP contribution in [0.3, 0.4) is 0 Å². The average molecular weight is 466 g/mol. The second kappa shape index (κ2) is 8.86. The van der Waals surface area contributed by atoms with Gasteiger partial charge < -0.3 is 10.3 Å². The first-order valence-electron chi connectivity index (χ1n) is 11.0. The zero-order chi connectivity index (χ0) is 24.5. The number of aromatic nitrogens is 6. The highest BCUT2D eigenvalue weighted by Gasteiger charge is 2.16. The number of nitrogens with one attached hydrogen (secondary N) is 3. The summed E-state index contributed by atoms with van der Waals surface area (Å²) < 4.78 is 1.53. The maximum Gasteiger partial charge on any atom is 0.273 e. The fourth-order valence-corrected chi connectivity index (χ4v) is 3.91. The van der Waals surface area contributed by atoms with Gasteiger partial charge in [-0.1, -0.05) is 18.2 Å². The van der Waals surface area contributed by atoms with Gasteiger partial charge in [0.1, 0.15) is 5.69 Å². The standard InChI is InChI=1S/C26H23N7O2/c1-15-4-5-17(11-22(15)29-26(35)24-10-16(2)32-33(24)3)25(34)18-6-8-20-21(30-31-23(20)12-18)9-7-19-13-27-14-28-19/h4-14H,1-3H3,(H,27,28)(H,29,35)(H,30,31). The van der Waals surface area contributed by atoms with Gasteiger partial charge in [0, 0.05) is 29.2 Å². The third-order valence-electron chi connectivity index (χ3n) is 5.78. The number of hydrogen-bond acceptors (Lipinski definition) is 5. The number of amides is 1. The third kappa shape index (κ3) is 4.39. The maximum atomic E-state index is 13.3. The van der Waals surface area contributed by atoms with Crippen molar-refractivity contribution in [2.24, 2.45) is 7.05 Å². The Labute approximate surface area is 200 Å². The van der Waals surface area contributed by atoms with Crippen molar-refractivity contribution >= 4 is 40.4 Å². The van der Waals surface area contributed by atoms with E-state index in [4.69, 9.17) is 0 Å². The van der Waals surface area contributed by atoms with Crippen molar-refractivity contribution in [2.75, 3.05) is 5.32 Å². The number of anilines is 1. The Morgan fingerprint density at radius 2 is 1.83 bits per heavy atom. The van der Waals surface area contributed by atoms with Crippen molar-refractivity contribution in [3.8, 4) is 0 Å². The number of benzene rings is 2. The molecule has 5 aromatic rings. The first-order chi connectivity index (χ1) is 16.9. The van der Waals surface area contributed by atoms with Crippen LogP contribution in [-0.2, 0) is 7.05 Å². The fourth-order valence-electron chi connectivity index (χ4n) is 3.91. The van der Waals surface area contributed by atoms with Crippen LogP contribution in [0, 0.1) is 13.8 Å². The molecule has 0 unspecified atom stereocenters. The molecule has 9 heteroatoms. The van der Waals surface area contributed by atoms with E-state index in [1.165, 1.54) is 4.68 Å². The molecule has 0 aliphatic heterocycles. The lowest BCUT2D eigenvalue weighted by Crippen LogP contribution is -2.17. The van der Waals surface area contributed by atoms with Crippen molar-refractivity contribution in [1.82, 2.24) is 29.9 Å². The normalized spacial score (nSPS) is 11.4. The number of rotatable bonds is 6. The molecule has 5 rings (SSSR count). The van der Waals surface area contributed by atoms with Crippen molar-refractivity contribution in [2.45, 2.75) is 13.8 Å². The lowest BCUT2D eigenvalue weighted by Gasteiger charge is -2.11. The summed E-state index contributed by atoms with van der Waals surface area (Å²) in [6, 6.07) is 12.5. The smallest absolute Gasteiger partial charge is 0.273 e. The molecule has 3 heterocycles. The number of aromatic amines is 2.